The van der Waals surface area contributed by atoms with Crippen LogP contribution in [0, 0.1) is 6.92 Å². The minimum absolute atomic E-state index is 0.199. The van der Waals surface area contributed by atoms with Gasteiger partial charge in [0.15, 0.2) is 0 Å². The van der Waals surface area contributed by atoms with Crippen molar-refractivity contribution in [3.8, 4) is 33.8 Å². The predicted molar refractivity (Wildman–Crippen MR) is 161 cm³/mol. The Morgan fingerprint density at radius 3 is 2.40 bits per heavy atom. The third-order valence-electron chi connectivity index (χ3n) is 7.27. The van der Waals surface area contributed by atoms with Crippen molar-refractivity contribution in [2.75, 3.05) is 6.61 Å². The van der Waals surface area contributed by atoms with Crippen LogP contribution < -0.4 is 9.47 Å². The molecule has 4 aromatic carbocycles. The molecule has 206 valence electrons. The number of aromatic carboxylic acids is 1. The van der Waals surface area contributed by atoms with Crippen molar-refractivity contribution in [3.63, 3.8) is 0 Å². The first-order chi connectivity index (χ1) is 19.5. The first-order valence-corrected chi connectivity index (χ1v) is 13.8. The van der Waals surface area contributed by atoms with Crippen LogP contribution in [-0.4, -0.2) is 24.2 Å². The average Bonchev–Trinajstić information content (AvgIpc) is 2.96. The molecule has 0 spiro atoms. The van der Waals surface area contributed by atoms with Crippen molar-refractivity contribution >= 4 is 23.2 Å². The summed E-state index contributed by atoms with van der Waals surface area (Å²) in [6.45, 7) is 9.23. The number of fused-ring (bicyclic) bond motifs is 1. The van der Waals surface area contributed by atoms with E-state index in [0.29, 0.717) is 24.4 Å². The van der Waals surface area contributed by atoms with Crippen LogP contribution in [0.15, 0.2) is 79.4 Å². The van der Waals surface area contributed by atoms with Gasteiger partial charge in [0.1, 0.15) is 11.5 Å². The van der Waals surface area contributed by atoms with E-state index >= 15 is 0 Å². The standard InChI is InChI=1S/C35H36O5/c1-4-6-8-9-19-39-29-16-18-31-28(20-29)21-33(24(3)30(31)10-7-5-2)27-15-17-32(34(22-27)40-23-36)25-11-13-26(14-12-25)35(37)38/h4,11-18,20-23H,1,5-10,19H2,2-3H3,(H,37,38). The third kappa shape index (κ3) is 6.60. The van der Waals surface area contributed by atoms with Gasteiger partial charge in [-0.25, -0.2) is 4.79 Å². The van der Waals surface area contributed by atoms with Crippen LogP contribution in [0.3, 0.4) is 0 Å². The Labute approximate surface area is 236 Å². The Kier molecular flexibility index (Phi) is 9.74. The van der Waals surface area contributed by atoms with Crippen LogP contribution in [0.4, 0.5) is 0 Å². The van der Waals surface area contributed by atoms with Gasteiger partial charge in [0.2, 0.25) is 0 Å². The van der Waals surface area contributed by atoms with E-state index in [1.54, 1.807) is 24.3 Å². The van der Waals surface area contributed by atoms with Crippen molar-refractivity contribution in [3.05, 3.63) is 96.1 Å². The molecule has 0 amide bonds. The number of hydrogen-bond donors (Lipinski definition) is 1. The molecule has 0 aliphatic rings. The number of hydrogen-bond acceptors (Lipinski definition) is 4. The first kappa shape index (κ1) is 28.6. The third-order valence-corrected chi connectivity index (χ3v) is 7.27. The Hall–Kier alpha value is -4.38. The molecule has 0 saturated heterocycles. The molecule has 1 N–H and O–H groups in total. The van der Waals surface area contributed by atoms with E-state index in [1.165, 1.54) is 16.5 Å². The van der Waals surface area contributed by atoms with Gasteiger partial charge in [0.05, 0.1) is 12.2 Å². The summed E-state index contributed by atoms with van der Waals surface area (Å²) in [7, 11) is 0. The molecule has 40 heavy (non-hydrogen) atoms. The second-order valence-electron chi connectivity index (χ2n) is 9.95. The largest absolute Gasteiger partial charge is 0.494 e. The van der Waals surface area contributed by atoms with E-state index in [9.17, 15) is 14.7 Å². The van der Waals surface area contributed by atoms with Crippen LogP contribution in [0.25, 0.3) is 33.0 Å². The molecular weight excluding hydrogens is 500 g/mol. The maximum Gasteiger partial charge on any atom is 0.335 e. The minimum Gasteiger partial charge on any atom is -0.494 e. The van der Waals surface area contributed by atoms with Crippen LogP contribution in [-0.2, 0) is 11.2 Å². The lowest BCUT2D eigenvalue weighted by molar-refractivity contribution is -0.120. The molecule has 0 aliphatic heterocycles. The van der Waals surface area contributed by atoms with Crippen LogP contribution in [0.1, 0.15) is 60.5 Å². The van der Waals surface area contributed by atoms with E-state index in [-0.39, 0.29) is 5.56 Å². The summed E-state index contributed by atoms with van der Waals surface area (Å²) in [5.74, 6) is 0.285. The lowest BCUT2D eigenvalue weighted by Crippen LogP contribution is -1.99. The lowest BCUT2D eigenvalue weighted by Gasteiger charge is -2.18. The lowest BCUT2D eigenvalue weighted by atomic mass is 9.88. The van der Waals surface area contributed by atoms with Crippen molar-refractivity contribution < 1.29 is 24.2 Å². The van der Waals surface area contributed by atoms with Crippen molar-refractivity contribution in [2.24, 2.45) is 0 Å². The van der Waals surface area contributed by atoms with Gasteiger partial charge in [-0.05, 0) is 114 Å². The van der Waals surface area contributed by atoms with E-state index in [2.05, 4.69) is 44.7 Å². The van der Waals surface area contributed by atoms with Gasteiger partial charge in [0, 0.05) is 5.56 Å². The van der Waals surface area contributed by atoms with Gasteiger partial charge < -0.3 is 14.6 Å². The number of aryl methyl sites for hydroxylation is 1. The Balaban J connectivity index is 1.76. The SMILES string of the molecule is C=CCCCCOc1ccc2c(CCCC)c(C)c(-c3ccc(-c4ccc(C(=O)O)cc4)c(OC=O)c3)cc2c1. The number of carboxylic acid groups (broad SMARTS) is 1. The van der Waals surface area contributed by atoms with Crippen LogP contribution in [0.2, 0.25) is 0 Å². The Morgan fingerprint density at radius 1 is 0.925 bits per heavy atom. The molecule has 0 radical (unpaired) electrons. The number of rotatable bonds is 14. The van der Waals surface area contributed by atoms with E-state index in [0.717, 1.165) is 66.4 Å². The smallest absolute Gasteiger partial charge is 0.335 e. The fourth-order valence-corrected chi connectivity index (χ4v) is 5.08. The summed E-state index contributed by atoms with van der Waals surface area (Å²) in [6, 6.07) is 20.9. The zero-order valence-corrected chi connectivity index (χ0v) is 23.2. The summed E-state index contributed by atoms with van der Waals surface area (Å²) in [4.78, 5) is 22.7. The van der Waals surface area contributed by atoms with Gasteiger partial charge in [-0.1, -0.05) is 49.8 Å². The van der Waals surface area contributed by atoms with Crippen LogP contribution in [0.5, 0.6) is 11.5 Å². The molecule has 0 heterocycles. The number of benzene rings is 4. The normalized spacial score (nSPS) is 10.8. The monoisotopic (exact) mass is 536 g/mol. The number of carbonyl (C=O) groups excluding carboxylic acids is 1. The van der Waals surface area contributed by atoms with Crippen molar-refractivity contribution in [1.29, 1.82) is 0 Å². The van der Waals surface area contributed by atoms with E-state index in [4.69, 9.17) is 9.47 Å². The topological polar surface area (TPSA) is 72.8 Å². The number of unbranched alkanes of at least 4 members (excludes halogenated alkanes) is 3. The number of allylic oxidation sites excluding steroid dienone is 1. The fourth-order valence-electron chi connectivity index (χ4n) is 5.08. The molecule has 0 atom stereocenters. The van der Waals surface area contributed by atoms with Gasteiger partial charge >= 0.3 is 5.97 Å². The van der Waals surface area contributed by atoms with Crippen molar-refractivity contribution in [1.82, 2.24) is 0 Å². The predicted octanol–water partition coefficient (Wildman–Crippen LogP) is 8.79. The van der Waals surface area contributed by atoms with E-state index in [1.807, 2.05) is 24.3 Å². The average molecular weight is 537 g/mol. The summed E-state index contributed by atoms with van der Waals surface area (Å²) in [6.07, 6.45) is 8.13. The summed E-state index contributed by atoms with van der Waals surface area (Å²) in [5, 5.41) is 11.6. The minimum atomic E-state index is -0.988. The highest BCUT2D eigenvalue weighted by Crippen LogP contribution is 2.39. The molecule has 4 aromatic rings. The molecule has 0 saturated carbocycles. The molecule has 5 nitrogen and oxygen atoms in total. The van der Waals surface area contributed by atoms with Gasteiger partial charge in [-0.2, -0.15) is 0 Å². The molecule has 0 fully saturated rings. The highest BCUT2D eigenvalue weighted by molar-refractivity contribution is 5.94. The number of ether oxygens (including phenoxy) is 2. The molecule has 0 unspecified atom stereocenters. The molecule has 5 heteroatoms. The number of carboxylic acids is 1. The number of carbonyl (C=O) groups is 2. The summed E-state index contributed by atoms with van der Waals surface area (Å²) in [5.41, 5.74) is 6.21. The van der Waals surface area contributed by atoms with Crippen LogP contribution >= 0.6 is 0 Å². The summed E-state index contributed by atoms with van der Waals surface area (Å²) < 4.78 is 11.5. The molecule has 0 bridgehead atoms. The Morgan fingerprint density at radius 2 is 1.70 bits per heavy atom. The quantitative estimate of drug-likeness (QED) is 0.0990. The fraction of sp³-hybridized carbons (Fsp3) is 0.257. The highest BCUT2D eigenvalue weighted by atomic mass is 16.5. The zero-order valence-electron chi connectivity index (χ0n) is 23.2. The molecular formula is C35H36O5. The first-order valence-electron chi connectivity index (χ1n) is 13.8. The Bertz CT molecular complexity index is 1500. The molecule has 0 aromatic heterocycles. The summed E-state index contributed by atoms with van der Waals surface area (Å²) >= 11 is 0. The van der Waals surface area contributed by atoms with Gasteiger partial charge in [0.25, 0.3) is 6.47 Å². The van der Waals surface area contributed by atoms with Crippen molar-refractivity contribution in [2.45, 2.75) is 52.4 Å². The van der Waals surface area contributed by atoms with Gasteiger partial charge in [-0.15, -0.1) is 6.58 Å². The maximum atomic E-state index is 11.4. The van der Waals surface area contributed by atoms with E-state index < -0.39 is 5.97 Å². The second-order valence-corrected chi connectivity index (χ2v) is 9.95. The van der Waals surface area contributed by atoms with Gasteiger partial charge in [-0.3, -0.25) is 4.79 Å². The zero-order chi connectivity index (χ0) is 28.5. The highest BCUT2D eigenvalue weighted by Gasteiger charge is 2.16. The molecule has 4 rings (SSSR count). The maximum absolute atomic E-state index is 11.4. The molecule has 0 aliphatic carbocycles. The second kappa shape index (κ2) is 13.6.